The van der Waals surface area contributed by atoms with Crippen molar-refractivity contribution in [2.24, 2.45) is 0 Å². The molecule has 3 heterocycles. The second-order valence-corrected chi connectivity index (χ2v) is 7.61. The van der Waals surface area contributed by atoms with E-state index in [0.717, 1.165) is 36.9 Å². The van der Waals surface area contributed by atoms with Gasteiger partial charge in [-0.2, -0.15) is 0 Å². The molecule has 5 nitrogen and oxygen atoms in total. The van der Waals surface area contributed by atoms with Gasteiger partial charge in [0.15, 0.2) is 0 Å². The Bertz CT molecular complexity index is 834. The first-order chi connectivity index (χ1) is 13.1. The van der Waals surface area contributed by atoms with Crippen molar-refractivity contribution in [2.75, 3.05) is 18.0 Å². The Balaban J connectivity index is 1.59. The normalized spacial score (nSPS) is 22.5. The van der Waals surface area contributed by atoms with Crippen molar-refractivity contribution in [3.8, 4) is 0 Å². The number of likely N-dealkylation sites (tertiary alicyclic amines) is 1. The van der Waals surface area contributed by atoms with Crippen molar-refractivity contribution in [1.29, 1.82) is 0 Å². The topological polar surface area (TPSA) is 53.5 Å². The summed E-state index contributed by atoms with van der Waals surface area (Å²) in [6, 6.07) is 11.8. The lowest BCUT2D eigenvalue weighted by Gasteiger charge is -2.44. The third kappa shape index (κ3) is 3.22. The smallest absolute Gasteiger partial charge is 0.252 e. The summed E-state index contributed by atoms with van der Waals surface area (Å²) in [5.74, 6) is 0.106. The molecule has 2 aromatic rings. The molecule has 2 aliphatic rings. The van der Waals surface area contributed by atoms with Gasteiger partial charge >= 0.3 is 0 Å². The van der Waals surface area contributed by atoms with Crippen molar-refractivity contribution in [1.82, 2.24) is 9.88 Å². The maximum Gasteiger partial charge on any atom is 0.252 e. The average molecular weight is 363 g/mol. The molecule has 4 rings (SSSR count). The number of aromatic nitrogens is 1. The van der Waals surface area contributed by atoms with Gasteiger partial charge in [0, 0.05) is 31.2 Å². The van der Waals surface area contributed by atoms with Crippen LogP contribution in [0.15, 0.2) is 48.8 Å². The summed E-state index contributed by atoms with van der Waals surface area (Å²) < 4.78 is 0. The number of piperidine rings is 1. The predicted octanol–water partition coefficient (Wildman–Crippen LogP) is 3.12. The zero-order chi connectivity index (χ0) is 18.9. The second kappa shape index (κ2) is 7.14. The van der Waals surface area contributed by atoms with Crippen LogP contribution < -0.4 is 4.90 Å². The number of amides is 2. The summed E-state index contributed by atoms with van der Waals surface area (Å²) in [5.41, 5.74) is 2.31. The van der Waals surface area contributed by atoms with Gasteiger partial charge in [-0.1, -0.05) is 23.8 Å². The molecule has 1 spiro atoms. The third-order valence-corrected chi connectivity index (χ3v) is 5.83. The molecular weight excluding hydrogens is 338 g/mol. The lowest BCUT2D eigenvalue weighted by molar-refractivity contribution is -0.144. The fourth-order valence-electron chi connectivity index (χ4n) is 4.46. The van der Waals surface area contributed by atoms with Crippen LogP contribution in [0.3, 0.4) is 0 Å². The molecule has 1 aromatic carbocycles. The number of carbonyl (C=O) groups excluding carboxylic acids is 2. The van der Waals surface area contributed by atoms with Crippen molar-refractivity contribution in [2.45, 2.75) is 44.6 Å². The Hall–Kier alpha value is -2.69. The molecule has 0 N–H and O–H groups in total. The number of carbonyl (C=O) groups is 2. The van der Waals surface area contributed by atoms with Crippen LogP contribution in [0.5, 0.6) is 0 Å². The van der Waals surface area contributed by atoms with E-state index in [1.165, 1.54) is 5.56 Å². The van der Waals surface area contributed by atoms with E-state index in [2.05, 4.69) is 4.98 Å². The first kappa shape index (κ1) is 17.7. The molecule has 0 saturated carbocycles. The quantitative estimate of drug-likeness (QED) is 0.842. The van der Waals surface area contributed by atoms with Crippen LogP contribution in [0, 0.1) is 6.92 Å². The minimum absolute atomic E-state index is 0.0274. The summed E-state index contributed by atoms with van der Waals surface area (Å²) in [7, 11) is 0. The molecule has 0 radical (unpaired) electrons. The van der Waals surface area contributed by atoms with Gasteiger partial charge in [-0.15, -0.1) is 0 Å². The Labute approximate surface area is 160 Å². The summed E-state index contributed by atoms with van der Waals surface area (Å²) >= 11 is 0. The van der Waals surface area contributed by atoms with Crippen molar-refractivity contribution in [3.05, 3.63) is 59.9 Å². The number of hydrogen-bond donors (Lipinski definition) is 0. The molecular formula is C22H25N3O2. The molecule has 1 aromatic heterocycles. The van der Waals surface area contributed by atoms with Gasteiger partial charge in [0.05, 0.1) is 6.42 Å². The van der Waals surface area contributed by atoms with E-state index < -0.39 is 5.54 Å². The van der Waals surface area contributed by atoms with Gasteiger partial charge in [0.25, 0.3) is 5.91 Å². The largest absolute Gasteiger partial charge is 0.328 e. The molecule has 2 fully saturated rings. The number of benzene rings is 1. The fourth-order valence-corrected chi connectivity index (χ4v) is 4.46. The van der Waals surface area contributed by atoms with Crippen molar-refractivity contribution < 1.29 is 9.59 Å². The average Bonchev–Trinajstić information content (AvgIpc) is 3.10. The monoisotopic (exact) mass is 363 g/mol. The predicted molar refractivity (Wildman–Crippen MR) is 104 cm³/mol. The SMILES string of the molecule is Cc1ccc(N2CCCC3(CCCN3C(=O)Cc3cccnc3)C2=O)cc1. The van der Waals surface area contributed by atoms with Crippen LogP contribution in [0.2, 0.25) is 0 Å². The van der Waals surface area contributed by atoms with Gasteiger partial charge in [0.1, 0.15) is 5.54 Å². The number of pyridine rings is 1. The highest BCUT2D eigenvalue weighted by molar-refractivity contribution is 6.03. The van der Waals surface area contributed by atoms with Crippen LogP contribution in [-0.2, 0) is 16.0 Å². The van der Waals surface area contributed by atoms with Crippen molar-refractivity contribution in [3.63, 3.8) is 0 Å². The summed E-state index contributed by atoms with van der Waals surface area (Å²) in [4.78, 5) is 34.4. The lowest BCUT2D eigenvalue weighted by atomic mass is 9.84. The summed E-state index contributed by atoms with van der Waals surface area (Å²) in [6.45, 7) is 3.42. The summed E-state index contributed by atoms with van der Waals surface area (Å²) in [5, 5.41) is 0. The first-order valence-electron chi connectivity index (χ1n) is 9.68. The van der Waals surface area contributed by atoms with Crippen LogP contribution in [0.4, 0.5) is 5.69 Å². The number of aryl methyl sites for hydroxylation is 1. The molecule has 2 aliphatic heterocycles. The second-order valence-electron chi connectivity index (χ2n) is 7.61. The van der Waals surface area contributed by atoms with Crippen LogP contribution in [0.1, 0.15) is 36.8 Å². The zero-order valence-corrected chi connectivity index (χ0v) is 15.7. The number of hydrogen-bond acceptors (Lipinski definition) is 3. The Morgan fingerprint density at radius 2 is 1.85 bits per heavy atom. The van der Waals surface area contributed by atoms with Crippen LogP contribution in [0.25, 0.3) is 0 Å². The van der Waals surface area contributed by atoms with Gasteiger partial charge in [0.2, 0.25) is 5.91 Å². The van der Waals surface area contributed by atoms with Crippen LogP contribution in [-0.4, -0.2) is 40.3 Å². The molecule has 140 valence electrons. The summed E-state index contributed by atoms with van der Waals surface area (Å²) in [6.07, 6.45) is 7.03. The van der Waals surface area contributed by atoms with E-state index in [0.29, 0.717) is 19.5 Å². The molecule has 0 aliphatic carbocycles. The standard InChI is InChI=1S/C22H25N3O2/c1-17-6-8-19(9-7-17)24-13-3-10-22(21(24)27)11-4-14-25(22)20(26)15-18-5-2-12-23-16-18/h2,5-9,12,16H,3-4,10-11,13-15H2,1H3. The van der Waals surface area contributed by atoms with E-state index in [4.69, 9.17) is 0 Å². The number of anilines is 1. The van der Waals surface area contributed by atoms with E-state index in [1.807, 2.05) is 53.1 Å². The number of nitrogens with zero attached hydrogens (tertiary/aromatic N) is 3. The van der Waals surface area contributed by atoms with E-state index in [1.54, 1.807) is 12.4 Å². The highest BCUT2D eigenvalue weighted by atomic mass is 16.2. The molecule has 2 amide bonds. The van der Waals surface area contributed by atoms with Gasteiger partial charge in [-0.05, 0) is 56.4 Å². The highest BCUT2D eigenvalue weighted by Crippen LogP contribution is 2.40. The zero-order valence-electron chi connectivity index (χ0n) is 15.7. The minimum atomic E-state index is -0.678. The van der Waals surface area contributed by atoms with E-state index >= 15 is 0 Å². The molecule has 27 heavy (non-hydrogen) atoms. The maximum absolute atomic E-state index is 13.5. The first-order valence-corrected chi connectivity index (χ1v) is 9.68. The lowest BCUT2D eigenvalue weighted by Crippen LogP contribution is -2.61. The van der Waals surface area contributed by atoms with Gasteiger partial charge in [-0.25, -0.2) is 0 Å². The molecule has 1 unspecified atom stereocenters. The fraction of sp³-hybridized carbons (Fsp3) is 0.409. The Morgan fingerprint density at radius 1 is 1.11 bits per heavy atom. The Morgan fingerprint density at radius 3 is 2.56 bits per heavy atom. The number of rotatable bonds is 3. The van der Waals surface area contributed by atoms with E-state index in [-0.39, 0.29) is 11.8 Å². The van der Waals surface area contributed by atoms with Gasteiger partial charge in [-0.3, -0.25) is 14.6 Å². The van der Waals surface area contributed by atoms with E-state index in [9.17, 15) is 9.59 Å². The maximum atomic E-state index is 13.5. The van der Waals surface area contributed by atoms with Gasteiger partial charge < -0.3 is 9.80 Å². The molecule has 1 atom stereocenters. The minimum Gasteiger partial charge on any atom is -0.328 e. The van der Waals surface area contributed by atoms with Crippen LogP contribution >= 0.6 is 0 Å². The molecule has 2 saturated heterocycles. The molecule has 5 heteroatoms. The highest BCUT2D eigenvalue weighted by Gasteiger charge is 2.52. The van der Waals surface area contributed by atoms with Crippen molar-refractivity contribution >= 4 is 17.5 Å². The Kier molecular flexibility index (Phi) is 4.68. The third-order valence-electron chi connectivity index (χ3n) is 5.83. The molecule has 0 bridgehead atoms.